The van der Waals surface area contributed by atoms with Crippen LogP contribution in [0.15, 0.2) is 48.5 Å². The van der Waals surface area contributed by atoms with Gasteiger partial charge in [0, 0.05) is 11.9 Å². The molecule has 3 rings (SSSR count). The Bertz CT molecular complexity index is 688. The second-order valence-electron chi connectivity index (χ2n) is 4.55. The van der Waals surface area contributed by atoms with Crippen molar-refractivity contribution < 1.29 is 0 Å². The summed E-state index contributed by atoms with van der Waals surface area (Å²) in [4.78, 5) is 0. The van der Waals surface area contributed by atoms with E-state index in [2.05, 4.69) is 65.1 Å². The number of rotatable bonds is 4. The minimum atomic E-state index is 0.821. The van der Waals surface area contributed by atoms with Crippen LogP contribution >= 0.6 is 11.5 Å². The van der Waals surface area contributed by atoms with E-state index >= 15 is 0 Å². The van der Waals surface area contributed by atoms with Crippen LogP contribution in [-0.2, 0) is 13.0 Å². The zero-order valence-electron chi connectivity index (χ0n) is 10.9. The van der Waals surface area contributed by atoms with Crippen LogP contribution in [0, 0.1) is 0 Å². The zero-order valence-corrected chi connectivity index (χ0v) is 11.7. The molecule has 0 saturated heterocycles. The van der Waals surface area contributed by atoms with Gasteiger partial charge in [-0.15, -0.1) is 0 Å². The molecule has 0 aliphatic heterocycles. The van der Waals surface area contributed by atoms with E-state index < -0.39 is 0 Å². The van der Waals surface area contributed by atoms with Crippen LogP contribution < -0.4 is 5.32 Å². The molecule has 0 bridgehead atoms. The monoisotopic (exact) mass is 268 g/mol. The molecule has 0 fully saturated rings. The van der Waals surface area contributed by atoms with Gasteiger partial charge in [0.1, 0.15) is 5.82 Å². The lowest BCUT2D eigenvalue weighted by Crippen LogP contribution is -2.00. The fourth-order valence-electron chi connectivity index (χ4n) is 2.16. The molecule has 0 amide bonds. The molecule has 0 spiro atoms. The van der Waals surface area contributed by atoms with E-state index in [1.54, 1.807) is 11.5 Å². The van der Waals surface area contributed by atoms with Gasteiger partial charge in [-0.05, 0) is 41.2 Å². The number of hydrogen-bond donors (Lipinski definition) is 1. The molecule has 0 atom stereocenters. The molecule has 2 nitrogen and oxygen atoms in total. The molecule has 3 heteroatoms. The molecule has 19 heavy (non-hydrogen) atoms. The normalized spacial score (nSPS) is 10.8. The van der Waals surface area contributed by atoms with Gasteiger partial charge in [-0.1, -0.05) is 43.3 Å². The second kappa shape index (κ2) is 5.41. The van der Waals surface area contributed by atoms with Crippen LogP contribution in [0.25, 0.3) is 10.1 Å². The SMILES string of the molecule is CCc1cccc(CNc2nsc3ccccc23)c1. The standard InChI is InChI=1S/C16H16N2S/c1-2-12-6-5-7-13(10-12)11-17-16-14-8-3-4-9-15(14)19-18-16/h3-10H,2,11H2,1H3,(H,17,18). The summed E-state index contributed by atoms with van der Waals surface area (Å²) in [5.74, 6) is 0.988. The lowest BCUT2D eigenvalue weighted by atomic mass is 10.1. The zero-order chi connectivity index (χ0) is 13.1. The Morgan fingerprint density at radius 1 is 1.05 bits per heavy atom. The molecule has 0 radical (unpaired) electrons. The number of fused-ring (bicyclic) bond motifs is 1. The summed E-state index contributed by atoms with van der Waals surface area (Å²) in [6.45, 7) is 3.00. The molecule has 1 aromatic heterocycles. The molecule has 1 heterocycles. The van der Waals surface area contributed by atoms with Gasteiger partial charge in [0.25, 0.3) is 0 Å². The van der Waals surface area contributed by atoms with Crippen molar-refractivity contribution in [2.75, 3.05) is 5.32 Å². The largest absolute Gasteiger partial charge is 0.365 e. The first-order valence-electron chi connectivity index (χ1n) is 6.53. The van der Waals surface area contributed by atoms with Gasteiger partial charge >= 0.3 is 0 Å². The van der Waals surface area contributed by atoms with Crippen molar-refractivity contribution in [3.63, 3.8) is 0 Å². The van der Waals surface area contributed by atoms with Crippen molar-refractivity contribution in [1.29, 1.82) is 0 Å². The molecule has 3 aromatic rings. The molecular weight excluding hydrogens is 252 g/mol. The summed E-state index contributed by atoms with van der Waals surface area (Å²) < 4.78 is 5.71. The predicted molar refractivity (Wildman–Crippen MR) is 82.8 cm³/mol. The maximum atomic E-state index is 4.48. The van der Waals surface area contributed by atoms with Crippen molar-refractivity contribution >= 4 is 27.4 Å². The van der Waals surface area contributed by atoms with E-state index in [-0.39, 0.29) is 0 Å². The molecule has 2 aromatic carbocycles. The average Bonchev–Trinajstić information content (AvgIpc) is 2.89. The average molecular weight is 268 g/mol. The third-order valence-electron chi connectivity index (χ3n) is 3.24. The van der Waals surface area contributed by atoms with Gasteiger partial charge in [-0.25, -0.2) is 0 Å². The summed E-state index contributed by atoms with van der Waals surface area (Å²) >= 11 is 1.54. The first-order chi connectivity index (χ1) is 9.36. The number of nitrogens with zero attached hydrogens (tertiary/aromatic N) is 1. The number of anilines is 1. The molecule has 0 aliphatic rings. The van der Waals surface area contributed by atoms with E-state index in [9.17, 15) is 0 Å². The lowest BCUT2D eigenvalue weighted by Gasteiger charge is -2.05. The van der Waals surface area contributed by atoms with Crippen molar-refractivity contribution in [2.24, 2.45) is 0 Å². The van der Waals surface area contributed by atoms with Gasteiger partial charge in [0.2, 0.25) is 0 Å². The molecule has 0 saturated carbocycles. The maximum absolute atomic E-state index is 4.48. The van der Waals surface area contributed by atoms with E-state index in [1.807, 2.05) is 0 Å². The first-order valence-corrected chi connectivity index (χ1v) is 7.30. The fourth-order valence-corrected chi connectivity index (χ4v) is 2.91. The van der Waals surface area contributed by atoms with Crippen molar-refractivity contribution in [3.8, 4) is 0 Å². The lowest BCUT2D eigenvalue weighted by molar-refractivity contribution is 1.09. The minimum Gasteiger partial charge on any atom is -0.365 e. The fraction of sp³-hybridized carbons (Fsp3) is 0.188. The van der Waals surface area contributed by atoms with Crippen molar-refractivity contribution in [2.45, 2.75) is 19.9 Å². The Morgan fingerprint density at radius 3 is 2.79 bits per heavy atom. The smallest absolute Gasteiger partial charge is 0.147 e. The number of aromatic nitrogens is 1. The van der Waals surface area contributed by atoms with Crippen LogP contribution in [0.4, 0.5) is 5.82 Å². The van der Waals surface area contributed by atoms with Gasteiger partial charge < -0.3 is 5.32 Å². The van der Waals surface area contributed by atoms with Crippen LogP contribution in [0.1, 0.15) is 18.1 Å². The van der Waals surface area contributed by atoms with E-state index in [0.29, 0.717) is 0 Å². The van der Waals surface area contributed by atoms with E-state index in [4.69, 9.17) is 0 Å². The highest BCUT2D eigenvalue weighted by atomic mass is 32.1. The third kappa shape index (κ3) is 2.61. The van der Waals surface area contributed by atoms with Gasteiger partial charge in [0.05, 0.1) is 4.70 Å². The van der Waals surface area contributed by atoms with E-state index in [1.165, 1.54) is 21.2 Å². The molecular formula is C16H16N2S. The van der Waals surface area contributed by atoms with Gasteiger partial charge in [-0.3, -0.25) is 0 Å². The Labute approximate surface area is 117 Å². The van der Waals surface area contributed by atoms with Crippen LogP contribution in [0.5, 0.6) is 0 Å². The highest BCUT2D eigenvalue weighted by Crippen LogP contribution is 2.26. The van der Waals surface area contributed by atoms with E-state index in [0.717, 1.165) is 18.8 Å². The second-order valence-corrected chi connectivity index (χ2v) is 5.36. The van der Waals surface area contributed by atoms with Crippen molar-refractivity contribution in [1.82, 2.24) is 4.37 Å². The minimum absolute atomic E-state index is 0.821. The Morgan fingerprint density at radius 2 is 1.89 bits per heavy atom. The highest BCUT2D eigenvalue weighted by molar-refractivity contribution is 7.13. The number of hydrogen-bond acceptors (Lipinski definition) is 3. The van der Waals surface area contributed by atoms with Crippen molar-refractivity contribution in [3.05, 3.63) is 59.7 Å². The Kier molecular flexibility index (Phi) is 3.47. The summed E-state index contributed by atoms with van der Waals surface area (Å²) in [5.41, 5.74) is 2.68. The summed E-state index contributed by atoms with van der Waals surface area (Å²) in [6.07, 6.45) is 1.08. The first kappa shape index (κ1) is 12.2. The van der Waals surface area contributed by atoms with Crippen LogP contribution in [0.2, 0.25) is 0 Å². The van der Waals surface area contributed by atoms with Gasteiger partial charge in [0.15, 0.2) is 0 Å². The van der Waals surface area contributed by atoms with Crippen LogP contribution in [0.3, 0.4) is 0 Å². The maximum Gasteiger partial charge on any atom is 0.147 e. The quantitative estimate of drug-likeness (QED) is 0.755. The molecule has 0 unspecified atom stereocenters. The topological polar surface area (TPSA) is 24.9 Å². The summed E-state index contributed by atoms with van der Waals surface area (Å²) in [7, 11) is 0. The number of benzene rings is 2. The Balaban J connectivity index is 1.78. The molecule has 1 N–H and O–H groups in total. The van der Waals surface area contributed by atoms with Gasteiger partial charge in [-0.2, -0.15) is 4.37 Å². The summed E-state index contributed by atoms with van der Waals surface area (Å²) in [5, 5.41) is 4.64. The predicted octanol–water partition coefficient (Wildman–Crippen LogP) is 4.47. The highest BCUT2D eigenvalue weighted by Gasteiger charge is 2.04. The molecule has 96 valence electrons. The van der Waals surface area contributed by atoms with Crippen LogP contribution in [-0.4, -0.2) is 4.37 Å². The molecule has 0 aliphatic carbocycles. The number of nitrogens with one attached hydrogen (secondary N) is 1. The summed E-state index contributed by atoms with van der Waals surface area (Å²) in [6, 6.07) is 17.0. The number of aryl methyl sites for hydroxylation is 1. The third-order valence-corrected chi connectivity index (χ3v) is 4.06. The Hall–Kier alpha value is -1.87.